The molecule has 0 saturated carbocycles. The molecule has 26 heavy (non-hydrogen) atoms. The van der Waals surface area contributed by atoms with E-state index in [1.807, 2.05) is 59.5 Å². The van der Waals surface area contributed by atoms with Gasteiger partial charge in [-0.3, -0.25) is 4.79 Å². The van der Waals surface area contributed by atoms with Crippen molar-refractivity contribution >= 4 is 18.3 Å². The molecule has 1 aliphatic heterocycles. The van der Waals surface area contributed by atoms with Crippen LogP contribution in [0.15, 0.2) is 54.6 Å². The predicted octanol–water partition coefficient (Wildman–Crippen LogP) is 4.50. The number of rotatable bonds is 6. The summed E-state index contributed by atoms with van der Waals surface area (Å²) in [5.41, 5.74) is 0.695. The van der Waals surface area contributed by atoms with E-state index in [1.54, 1.807) is 0 Å². The first-order valence-corrected chi connectivity index (χ1v) is 9.12. The molecule has 3 rings (SSSR count). The largest absolute Gasteiger partial charge is 0.457 e. The van der Waals surface area contributed by atoms with Gasteiger partial charge in [0.05, 0.1) is 0 Å². The number of ether oxygens (including phenoxy) is 1. The van der Waals surface area contributed by atoms with Crippen molar-refractivity contribution in [2.45, 2.75) is 32.2 Å². The van der Waals surface area contributed by atoms with E-state index >= 15 is 0 Å². The predicted molar refractivity (Wildman–Crippen MR) is 107 cm³/mol. The van der Waals surface area contributed by atoms with Gasteiger partial charge >= 0.3 is 0 Å². The number of nitrogens with zero attached hydrogens (tertiary/aromatic N) is 1. The zero-order chi connectivity index (χ0) is 17.5. The molecule has 1 fully saturated rings. The molecule has 0 aliphatic carbocycles. The number of amides is 1. The van der Waals surface area contributed by atoms with Gasteiger partial charge in [-0.15, -0.1) is 12.4 Å². The lowest BCUT2D eigenvalue weighted by atomic mass is 10.0. The zero-order valence-electron chi connectivity index (χ0n) is 15.2. The van der Waals surface area contributed by atoms with Crippen LogP contribution in [0, 0.1) is 0 Å². The van der Waals surface area contributed by atoms with Gasteiger partial charge in [-0.25, -0.2) is 0 Å². The Hall–Kier alpha value is -2.04. The number of carbonyl (C=O) groups excluding carboxylic acids is 1. The second-order valence-corrected chi connectivity index (χ2v) is 6.42. The number of carbonyl (C=O) groups is 1. The SMILES string of the molecule is CCCN(C(=O)c1cccc(Oc2ccccc2)c1)C1CCNCC1.Cl. The van der Waals surface area contributed by atoms with E-state index < -0.39 is 0 Å². The molecule has 4 nitrogen and oxygen atoms in total. The number of hydrogen-bond acceptors (Lipinski definition) is 3. The van der Waals surface area contributed by atoms with Gasteiger partial charge in [-0.05, 0) is 62.7 Å². The highest BCUT2D eigenvalue weighted by Gasteiger charge is 2.25. The lowest BCUT2D eigenvalue weighted by Gasteiger charge is -2.34. The number of para-hydroxylation sites is 1. The molecule has 0 atom stereocenters. The Morgan fingerprint density at radius 3 is 2.46 bits per heavy atom. The fraction of sp³-hybridized carbons (Fsp3) is 0.381. The number of nitrogens with one attached hydrogen (secondary N) is 1. The highest BCUT2D eigenvalue weighted by atomic mass is 35.5. The van der Waals surface area contributed by atoms with Crippen LogP contribution in [0.2, 0.25) is 0 Å². The first kappa shape index (κ1) is 20.3. The molecule has 0 unspecified atom stereocenters. The Labute approximate surface area is 162 Å². The van der Waals surface area contributed by atoms with Gasteiger partial charge in [0.25, 0.3) is 5.91 Å². The van der Waals surface area contributed by atoms with E-state index in [0.717, 1.165) is 44.6 Å². The van der Waals surface area contributed by atoms with Gasteiger partial charge in [0.2, 0.25) is 0 Å². The lowest BCUT2D eigenvalue weighted by molar-refractivity contribution is 0.0642. The molecule has 2 aromatic carbocycles. The van der Waals surface area contributed by atoms with Gasteiger partial charge in [-0.2, -0.15) is 0 Å². The minimum atomic E-state index is 0. The van der Waals surface area contributed by atoms with Crippen LogP contribution in [0.4, 0.5) is 0 Å². The number of piperidine rings is 1. The van der Waals surface area contributed by atoms with E-state index in [4.69, 9.17) is 4.74 Å². The summed E-state index contributed by atoms with van der Waals surface area (Å²) in [6.07, 6.45) is 3.01. The van der Waals surface area contributed by atoms with Gasteiger partial charge < -0.3 is 15.0 Å². The van der Waals surface area contributed by atoms with Gasteiger partial charge in [0, 0.05) is 18.2 Å². The normalized spacial score (nSPS) is 14.3. The van der Waals surface area contributed by atoms with Gasteiger partial charge in [0.15, 0.2) is 0 Å². The van der Waals surface area contributed by atoms with E-state index in [-0.39, 0.29) is 18.3 Å². The maximum Gasteiger partial charge on any atom is 0.254 e. The molecule has 1 N–H and O–H groups in total. The summed E-state index contributed by atoms with van der Waals surface area (Å²) in [5.74, 6) is 1.57. The Morgan fingerprint density at radius 1 is 1.08 bits per heavy atom. The van der Waals surface area contributed by atoms with Crippen molar-refractivity contribution < 1.29 is 9.53 Å². The molecule has 0 radical (unpaired) electrons. The monoisotopic (exact) mass is 374 g/mol. The Morgan fingerprint density at radius 2 is 1.77 bits per heavy atom. The highest BCUT2D eigenvalue weighted by molar-refractivity contribution is 5.94. The quantitative estimate of drug-likeness (QED) is 0.809. The van der Waals surface area contributed by atoms with E-state index in [1.165, 1.54) is 0 Å². The van der Waals surface area contributed by atoms with Crippen LogP contribution in [0.5, 0.6) is 11.5 Å². The van der Waals surface area contributed by atoms with Crippen LogP contribution in [0.1, 0.15) is 36.5 Å². The van der Waals surface area contributed by atoms with Crippen LogP contribution in [-0.4, -0.2) is 36.5 Å². The second-order valence-electron chi connectivity index (χ2n) is 6.42. The molecule has 0 aromatic heterocycles. The maximum absolute atomic E-state index is 13.1. The molecule has 140 valence electrons. The summed E-state index contributed by atoms with van der Waals surface area (Å²) in [5, 5.41) is 3.37. The lowest BCUT2D eigenvalue weighted by Crippen LogP contribution is -2.46. The molecule has 5 heteroatoms. The third-order valence-electron chi connectivity index (χ3n) is 4.53. The fourth-order valence-electron chi connectivity index (χ4n) is 3.29. The number of halogens is 1. The first-order chi connectivity index (χ1) is 12.3. The molecule has 0 bridgehead atoms. The standard InChI is InChI=1S/C21H26N2O2.ClH/c1-2-15-23(18-11-13-22-14-12-18)21(24)17-7-6-10-20(16-17)25-19-8-4-3-5-9-19;/h3-10,16,18,22H,2,11-15H2,1H3;1H. The van der Waals surface area contributed by atoms with Crippen molar-refractivity contribution in [3.8, 4) is 11.5 Å². The van der Waals surface area contributed by atoms with Crippen molar-refractivity contribution in [2.24, 2.45) is 0 Å². The average Bonchev–Trinajstić information content (AvgIpc) is 2.67. The Bertz CT molecular complexity index is 687. The molecule has 1 amide bonds. The molecular formula is C21H27ClN2O2. The van der Waals surface area contributed by atoms with Crippen LogP contribution < -0.4 is 10.1 Å². The zero-order valence-corrected chi connectivity index (χ0v) is 16.0. The van der Waals surface area contributed by atoms with Crippen molar-refractivity contribution in [3.63, 3.8) is 0 Å². The molecule has 0 spiro atoms. The van der Waals surface area contributed by atoms with Gasteiger partial charge in [0.1, 0.15) is 11.5 Å². The van der Waals surface area contributed by atoms with Crippen molar-refractivity contribution in [1.82, 2.24) is 10.2 Å². The van der Waals surface area contributed by atoms with Crippen LogP contribution in [-0.2, 0) is 0 Å². The fourth-order valence-corrected chi connectivity index (χ4v) is 3.29. The third-order valence-corrected chi connectivity index (χ3v) is 4.53. The number of benzene rings is 2. The summed E-state index contributed by atoms with van der Waals surface area (Å²) in [6, 6.07) is 17.5. The van der Waals surface area contributed by atoms with Crippen LogP contribution in [0.25, 0.3) is 0 Å². The summed E-state index contributed by atoms with van der Waals surface area (Å²) in [7, 11) is 0. The number of hydrogen-bond donors (Lipinski definition) is 1. The van der Waals surface area contributed by atoms with Crippen LogP contribution >= 0.6 is 12.4 Å². The van der Waals surface area contributed by atoms with E-state index in [9.17, 15) is 4.79 Å². The summed E-state index contributed by atoms with van der Waals surface area (Å²) >= 11 is 0. The smallest absolute Gasteiger partial charge is 0.254 e. The minimum absolute atomic E-state index is 0. The topological polar surface area (TPSA) is 41.6 Å². The maximum atomic E-state index is 13.1. The molecular weight excluding hydrogens is 348 g/mol. The second kappa shape index (κ2) is 10.2. The van der Waals surface area contributed by atoms with Gasteiger partial charge in [-0.1, -0.05) is 31.2 Å². The third kappa shape index (κ3) is 5.23. The molecule has 1 saturated heterocycles. The Balaban J connectivity index is 0.00000243. The average molecular weight is 375 g/mol. The molecule has 1 aliphatic rings. The van der Waals surface area contributed by atoms with E-state index in [0.29, 0.717) is 17.4 Å². The van der Waals surface area contributed by atoms with Crippen molar-refractivity contribution in [2.75, 3.05) is 19.6 Å². The molecule has 1 heterocycles. The van der Waals surface area contributed by atoms with Crippen molar-refractivity contribution in [3.05, 3.63) is 60.2 Å². The summed E-state index contributed by atoms with van der Waals surface area (Å²) < 4.78 is 5.87. The first-order valence-electron chi connectivity index (χ1n) is 9.12. The minimum Gasteiger partial charge on any atom is -0.457 e. The van der Waals surface area contributed by atoms with Crippen LogP contribution in [0.3, 0.4) is 0 Å². The summed E-state index contributed by atoms with van der Waals surface area (Å²) in [4.78, 5) is 15.1. The summed E-state index contributed by atoms with van der Waals surface area (Å²) in [6.45, 7) is 4.88. The molecule has 2 aromatic rings. The Kier molecular flexibility index (Phi) is 7.95. The van der Waals surface area contributed by atoms with Crippen molar-refractivity contribution in [1.29, 1.82) is 0 Å². The van der Waals surface area contributed by atoms with E-state index in [2.05, 4.69) is 12.2 Å². The highest BCUT2D eigenvalue weighted by Crippen LogP contribution is 2.23.